The molecule has 0 bridgehead atoms. The highest BCUT2D eigenvalue weighted by molar-refractivity contribution is 5.77. The molecule has 0 radical (unpaired) electrons. The molecule has 0 amide bonds. The number of imidazole rings is 1. The Balaban J connectivity index is 2.14. The Morgan fingerprint density at radius 2 is 2.20 bits per heavy atom. The molecule has 0 aliphatic carbocycles. The molecule has 1 aromatic heterocycles. The van der Waals surface area contributed by atoms with Crippen LogP contribution in [0.3, 0.4) is 0 Å². The van der Waals surface area contributed by atoms with Crippen molar-refractivity contribution in [3.05, 3.63) is 42.5 Å². The SMILES string of the molecule is Cc1nccn1CCN(CC(=O)O)c1ccccc1N. The molecule has 3 N–H and O–H groups in total. The van der Waals surface area contributed by atoms with Gasteiger partial charge in [0.25, 0.3) is 0 Å². The van der Waals surface area contributed by atoms with Crippen molar-refractivity contribution in [1.29, 1.82) is 0 Å². The van der Waals surface area contributed by atoms with E-state index >= 15 is 0 Å². The van der Waals surface area contributed by atoms with Gasteiger partial charge in [-0.15, -0.1) is 0 Å². The lowest BCUT2D eigenvalue weighted by molar-refractivity contribution is -0.135. The zero-order valence-corrected chi connectivity index (χ0v) is 11.4. The number of hydrogen-bond acceptors (Lipinski definition) is 4. The van der Waals surface area contributed by atoms with Gasteiger partial charge in [0.1, 0.15) is 12.4 Å². The second-order valence-electron chi connectivity index (χ2n) is 4.54. The summed E-state index contributed by atoms with van der Waals surface area (Å²) in [6.45, 7) is 3.05. The first-order valence-electron chi connectivity index (χ1n) is 6.37. The van der Waals surface area contributed by atoms with Crippen LogP contribution in [0.4, 0.5) is 11.4 Å². The third-order valence-corrected chi connectivity index (χ3v) is 3.14. The van der Waals surface area contributed by atoms with Gasteiger partial charge in [-0.05, 0) is 19.1 Å². The lowest BCUT2D eigenvalue weighted by Gasteiger charge is -2.24. The van der Waals surface area contributed by atoms with E-state index in [9.17, 15) is 4.79 Å². The molecule has 1 heterocycles. The number of hydrogen-bond donors (Lipinski definition) is 2. The fraction of sp³-hybridized carbons (Fsp3) is 0.286. The third-order valence-electron chi connectivity index (χ3n) is 3.14. The summed E-state index contributed by atoms with van der Waals surface area (Å²) in [7, 11) is 0. The molecule has 0 aliphatic heterocycles. The Labute approximate surface area is 117 Å². The average Bonchev–Trinajstić information content (AvgIpc) is 2.80. The third kappa shape index (κ3) is 3.28. The maximum Gasteiger partial charge on any atom is 0.323 e. The van der Waals surface area contributed by atoms with Crippen molar-refractivity contribution >= 4 is 17.3 Å². The largest absolute Gasteiger partial charge is 0.480 e. The van der Waals surface area contributed by atoms with Crippen molar-refractivity contribution in [1.82, 2.24) is 9.55 Å². The number of carboxylic acids is 1. The Bertz CT molecular complexity index is 594. The zero-order chi connectivity index (χ0) is 14.5. The maximum atomic E-state index is 11.0. The van der Waals surface area contributed by atoms with Crippen molar-refractivity contribution < 1.29 is 9.90 Å². The number of benzene rings is 1. The molecule has 0 fully saturated rings. The number of anilines is 2. The number of rotatable bonds is 6. The molecule has 20 heavy (non-hydrogen) atoms. The monoisotopic (exact) mass is 274 g/mol. The summed E-state index contributed by atoms with van der Waals surface area (Å²) >= 11 is 0. The molecule has 2 rings (SSSR count). The summed E-state index contributed by atoms with van der Waals surface area (Å²) in [5.41, 5.74) is 7.25. The molecular formula is C14H18N4O2. The van der Waals surface area contributed by atoms with Gasteiger partial charge < -0.3 is 20.3 Å². The summed E-state index contributed by atoms with van der Waals surface area (Å²) in [6, 6.07) is 7.28. The van der Waals surface area contributed by atoms with Gasteiger partial charge in [-0.3, -0.25) is 4.79 Å². The Hall–Kier alpha value is -2.50. The van der Waals surface area contributed by atoms with Crippen molar-refractivity contribution in [3.8, 4) is 0 Å². The second kappa shape index (κ2) is 6.10. The fourth-order valence-corrected chi connectivity index (χ4v) is 2.09. The van der Waals surface area contributed by atoms with E-state index < -0.39 is 5.97 Å². The number of aliphatic carboxylic acids is 1. The first-order valence-corrected chi connectivity index (χ1v) is 6.37. The predicted octanol–water partition coefficient (Wildman–Crippen LogP) is 1.36. The van der Waals surface area contributed by atoms with Crippen LogP contribution in [0.1, 0.15) is 5.82 Å². The van der Waals surface area contributed by atoms with Crippen LogP contribution in [0, 0.1) is 6.92 Å². The smallest absolute Gasteiger partial charge is 0.323 e. The number of nitrogens with zero attached hydrogens (tertiary/aromatic N) is 3. The molecule has 0 saturated heterocycles. The number of carboxylic acid groups (broad SMARTS) is 1. The van der Waals surface area contributed by atoms with Gasteiger partial charge in [0.05, 0.1) is 11.4 Å². The second-order valence-corrected chi connectivity index (χ2v) is 4.54. The molecule has 1 aromatic carbocycles. The molecule has 0 saturated carbocycles. The number of nitrogens with two attached hydrogens (primary N) is 1. The number of aromatic nitrogens is 2. The summed E-state index contributed by atoms with van der Waals surface area (Å²) in [5, 5.41) is 9.05. The van der Waals surface area contributed by atoms with E-state index in [0.717, 1.165) is 11.5 Å². The van der Waals surface area contributed by atoms with E-state index in [1.807, 2.05) is 35.9 Å². The number of nitrogen functional groups attached to an aromatic ring is 1. The molecule has 0 atom stereocenters. The Morgan fingerprint density at radius 1 is 1.45 bits per heavy atom. The molecular weight excluding hydrogens is 256 g/mol. The first-order chi connectivity index (χ1) is 9.58. The van der Waals surface area contributed by atoms with Crippen LogP contribution in [0.2, 0.25) is 0 Å². The van der Waals surface area contributed by atoms with E-state index in [-0.39, 0.29) is 6.54 Å². The van der Waals surface area contributed by atoms with E-state index in [4.69, 9.17) is 10.8 Å². The minimum Gasteiger partial charge on any atom is -0.480 e. The lowest BCUT2D eigenvalue weighted by atomic mass is 10.2. The number of para-hydroxylation sites is 2. The van der Waals surface area contributed by atoms with Crippen LogP contribution in [0.25, 0.3) is 0 Å². The van der Waals surface area contributed by atoms with E-state index in [0.29, 0.717) is 18.8 Å². The van der Waals surface area contributed by atoms with E-state index in [2.05, 4.69) is 4.98 Å². The van der Waals surface area contributed by atoms with Gasteiger partial charge in [-0.1, -0.05) is 12.1 Å². The van der Waals surface area contributed by atoms with Crippen LogP contribution in [-0.4, -0.2) is 33.7 Å². The Morgan fingerprint density at radius 3 is 2.80 bits per heavy atom. The molecule has 0 spiro atoms. The summed E-state index contributed by atoms with van der Waals surface area (Å²) in [5.74, 6) is 0.0249. The first kappa shape index (κ1) is 13.9. The summed E-state index contributed by atoms with van der Waals surface area (Å²) < 4.78 is 1.98. The van der Waals surface area contributed by atoms with Crippen LogP contribution >= 0.6 is 0 Å². The molecule has 6 nitrogen and oxygen atoms in total. The van der Waals surface area contributed by atoms with Gasteiger partial charge in [0.2, 0.25) is 0 Å². The zero-order valence-electron chi connectivity index (χ0n) is 11.4. The van der Waals surface area contributed by atoms with Crippen LogP contribution < -0.4 is 10.6 Å². The van der Waals surface area contributed by atoms with Crippen LogP contribution in [0.5, 0.6) is 0 Å². The lowest BCUT2D eigenvalue weighted by Crippen LogP contribution is -2.33. The summed E-state index contributed by atoms with van der Waals surface area (Å²) in [6.07, 6.45) is 3.61. The fourth-order valence-electron chi connectivity index (χ4n) is 2.09. The normalized spacial score (nSPS) is 10.4. The van der Waals surface area contributed by atoms with Crippen molar-refractivity contribution in [2.24, 2.45) is 0 Å². The van der Waals surface area contributed by atoms with Gasteiger partial charge in [0, 0.05) is 25.5 Å². The molecule has 106 valence electrons. The Kier molecular flexibility index (Phi) is 4.24. The van der Waals surface area contributed by atoms with E-state index in [1.54, 1.807) is 17.2 Å². The minimum absolute atomic E-state index is 0.0814. The minimum atomic E-state index is -0.879. The van der Waals surface area contributed by atoms with Crippen molar-refractivity contribution in [2.75, 3.05) is 23.7 Å². The molecule has 2 aromatic rings. The highest BCUT2D eigenvalue weighted by Gasteiger charge is 2.13. The van der Waals surface area contributed by atoms with Gasteiger partial charge in [-0.2, -0.15) is 0 Å². The number of carbonyl (C=O) groups is 1. The van der Waals surface area contributed by atoms with Gasteiger partial charge >= 0.3 is 5.97 Å². The topological polar surface area (TPSA) is 84.4 Å². The van der Waals surface area contributed by atoms with Crippen molar-refractivity contribution in [3.63, 3.8) is 0 Å². The van der Waals surface area contributed by atoms with Crippen LogP contribution in [-0.2, 0) is 11.3 Å². The standard InChI is InChI=1S/C14H18N4O2/c1-11-16-6-7-17(11)8-9-18(10-14(19)20)13-5-3-2-4-12(13)15/h2-7H,8-10,15H2,1H3,(H,19,20). The maximum absolute atomic E-state index is 11.0. The van der Waals surface area contributed by atoms with Gasteiger partial charge in [0.15, 0.2) is 0 Å². The molecule has 0 aliphatic rings. The number of aryl methyl sites for hydroxylation is 1. The predicted molar refractivity (Wildman–Crippen MR) is 77.7 cm³/mol. The summed E-state index contributed by atoms with van der Waals surface area (Å²) in [4.78, 5) is 16.9. The average molecular weight is 274 g/mol. The van der Waals surface area contributed by atoms with Gasteiger partial charge in [-0.25, -0.2) is 4.98 Å². The van der Waals surface area contributed by atoms with Crippen LogP contribution in [0.15, 0.2) is 36.7 Å². The highest BCUT2D eigenvalue weighted by Crippen LogP contribution is 2.22. The highest BCUT2D eigenvalue weighted by atomic mass is 16.4. The van der Waals surface area contributed by atoms with Crippen molar-refractivity contribution in [2.45, 2.75) is 13.5 Å². The molecule has 0 unspecified atom stereocenters. The molecule has 6 heteroatoms. The van der Waals surface area contributed by atoms with E-state index in [1.165, 1.54) is 0 Å². The quantitative estimate of drug-likeness (QED) is 0.777.